The first-order valence-corrected chi connectivity index (χ1v) is 6.18. The van der Waals surface area contributed by atoms with Crippen molar-refractivity contribution in [1.29, 1.82) is 0 Å². The number of ketones is 1. The first-order chi connectivity index (χ1) is 9.65. The Morgan fingerprint density at radius 1 is 1.30 bits per heavy atom. The van der Waals surface area contributed by atoms with Crippen LogP contribution in [-0.4, -0.2) is 35.9 Å². The van der Waals surface area contributed by atoms with Crippen LogP contribution in [0.1, 0.15) is 15.9 Å². The zero-order chi connectivity index (χ0) is 14.5. The van der Waals surface area contributed by atoms with Crippen LogP contribution < -0.4 is 10.5 Å². The van der Waals surface area contributed by atoms with Gasteiger partial charge in [0.1, 0.15) is 18.2 Å². The summed E-state index contributed by atoms with van der Waals surface area (Å²) in [5.74, 6) is 0.642. The third kappa shape index (κ3) is 2.80. The zero-order valence-electron chi connectivity index (χ0n) is 11.5. The number of carbonyl (C=O) groups excluding carboxylic acids is 1. The summed E-state index contributed by atoms with van der Waals surface area (Å²) in [6, 6.07) is 7.04. The quantitative estimate of drug-likeness (QED) is 0.634. The standard InChI is InChI=1S/C14H17N3O3/c1-17-14(15)11(9-16-17)13(18)10-5-3-4-6-12(10)20-8-7-19-2/h3-6,9H,7-8,15H2,1-2H3. The number of aromatic nitrogens is 2. The fraction of sp³-hybridized carbons (Fsp3) is 0.286. The van der Waals surface area contributed by atoms with Crippen LogP contribution in [-0.2, 0) is 11.8 Å². The fourth-order valence-electron chi connectivity index (χ4n) is 1.78. The second-order valence-corrected chi connectivity index (χ2v) is 4.23. The lowest BCUT2D eigenvalue weighted by Crippen LogP contribution is -2.10. The van der Waals surface area contributed by atoms with Gasteiger partial charge in [0.05, 0.1) is 23.9 Å². The van der Waals surface area contributed by atoms with Crippen molar-refractivity contribution in [3.8, 4) is 5.75 Å². The molecule has 2 N–H and O–H groups in total. The first-order valence-electron chi connectivity index (χ1n) is 6.18. The zero-order valence-corrected chi connectivity index (χ0v) is 11.5. The Kier molecular flexibility index (Phi) is 4.37. The molecule has 0 saturated carbocycles. The van der Waals surface area contributed by atoms with Crippen LogP contribution >= 0.6 is 0 Å². The predicted octanol–water partition coefficient (Wildman–Crippen LogP) is 1.26. The summed E-state index contributed by atoms with van der Waals surface area (Å²) in [5.41, 5.74) is 6.66. The molecule has 106 valence electrons. The van der Waals surface area contributed by atoms with E-state index in [9.17, 15) is 4.79 Å². The van der Waals surface area contributed by atoms with Crippen molar-refractivity contribution in [2.75, 3.05) is 26.1 Å². The van der Waals surface area contributed by atoms with E-state index in [1.165, 1.54) is 10.9 Å². The molecule has 0 aliphatic rings. The number of anilines is 1. The number of nitrogen functional groups attached to an aromatic ring is 1. The second kappa shape index (κ2) is 6.21. The molecular formula is C14H17N3O3. The molecule has 0 aliphatic heterocycles. The summed E-state index contributed by atoms with van der Waals surface area (Å²) >= 11 is 0. The molecule has 0 aliphatic carbocycles. The summed E-state index contributed by atoms with van der Waals surface area (Å²) < 4.78 is 11.9. The summed E-state index contributed by atoms with van der Waals surface area (Å²) in [6.45, 7) is 0.834. The highest BCUT2D eigenvalue weighted by Crippen LogP contribution is 2.23. The normalized spacial score (nSPS) is 10.5. The van der Waals surface area contributed by atoms with Crippen LogP contribution in [0.2, 0.25) is 0 Å². The van der Waals surface area contributed by atoms with Gasteiger partial charge in [-0.3, -0.25) is 9.48 Å². The lowest BCUT2D eigenvalue weighted by atomic mass is 10.0. The maximum Gasteiger partial charge on any atom is 0.202 e. The number of hydrogen-bond acceptors (Lipinski definition) is 5. The molecule has 0 radical (unpaired) electrons. The maximum absolute atomic E-state index is 12.5. The van der Waals surface area contributed by atoms with Crippen molar-refractivity contribution in [1.82, 2.24) is 9.78 Å². The van der Waals surface area contributed by atoms with E-state index in [1.54, 1.807) is 32.4 Å². The third-order valence-electron chi connectivity index (χ3n) is 2.91. The summed E-state index contributed by atoms with van der Waals surface area (Å²) in [7, 11) is 3.28. The van der Waals surface area contributed by atoms with Gasteiger partial charge in [0.15, 0.2) is 0 Å². The number of aryl methyl sites for hydroxylation is 1. The van der Waals surface area contributed by atoms with Crippen LogP contribution in [0.5, 0.6) is 5.75 Å². The Balaban J connectivity index is 2.28. The van der Waals surface area contributed by atoms with Crippen molar-refractivity contribution in [3.63, 3.8) is 0 Å². The number of hydrogen-bond donors (Lipinski definition) is 1. The minimum atomic E-state index is -0.205. The van der Waals surface area contributed by atoms with Crippen molar-refractivity contribution in [3.05, 3.63) is 41.6 Å². The number of methoxy groups -OCH3 is 1. The van der Waals surface area contributed by atoms with Gasteiger partial charge >= 0.3 is 0 Å². The Morgan fingerprint density at radius 3 is 2.70 bits per heavy atom. The number of para-hydroxylation sites is 1. The molecule has 1 aromatic carbocycles. The van der Waals surface area contributed by atoms with E-state index >= 15 is 0 Å². The number of rotatable bonds is 6. The van der Waals surface area contributed by atoms with Gasteiger partial charge < -0.3 is 15.2 Å². The molecule has 0 fully saturated rings. The minimum absolute atomic E-state index is 0.205. The van der Waals surface area contributed by atoms with Crippen LogP contribution in [0, 0.1) is 0 Å². The van der Waals surface area contributed by atoms with Crippen molar-refractivity contribution in [2.24, 2.45) is 7.05 Å². The van der Waals surface area contributed by atoms with Crippen LogP contribution in [0.3, 0.4) is 0 Å². The summed E-state index contributed by atoms with van der Waals surface area (Å²) in [4.78, 5) is 12.5. The average molecular weight is 275 g/mol. The van der Waals surface area contributed by atoms with Gasteiger partial charge in [-0.05, 0) is 12.1 Å². The molecule has 0 spiro atoms. The smallest absolute Gasteiger partial charge is 0.202 e. The van der Waals surface area contributed by atoms with Crippen LogP contribution in [0.4, 0.5) is 5.82 Å². The van der Waals surface area contributed by atoms with Crippen LogP contribution in [0.15, 0.2) is 30.5 Å². The van der Waals surface area contributed by atoms with Crippen LogP contribution in [0.25, 0.3) is 0 Å². The third-order valence-corrected chi connectivity index (χ3v) is 2.91. The maximum atomic E-state index is 12.5. The number of ether oxygens (including phenoxy) is 2. The molecule has 1 aromatic heterocycles. The lowest BCUT2D eigenvalue weighted by molar-refractivity contribution is 0.103. The monoisotopic (exact) mass is 275 g/mol. The van der Waals surface area contributed by atoms with Crippen molar-refractivity contribution >= 4 is 11.6 Å². The molecule has 0 saturated heterocycles. The number of carbonyl (C=O) groups is 1. The molecule has 6 heteroatoms. The molecule has 6 nitrogen and oxygen atoms in total. The molecule has 1 heterocycles. The molecule has 20 heavy (non-hydrogen) atoms. The van der Waals surface area contributed by atoms with Gasteiger partial charge in [-0.2, -0.15) is 5.10 Å². The first kappa shape index (κ1) is 14.1. The number of nitrogens with two attached hydrogens (primary N) is 1. The molecule has 2 aromatic rings. The van der Waals surface area contributed by atoms with Gasteiger partial charge in [-0.1, -0.05) is 12.1 Å². The lowest BCUT2D eigenvalue weighted by Gasteiger charge is -2.10. The Labute approximate surface area is 117 Å². The van der Waals surface area contributed by atoms with E-state index in [0.29, 0.717) is 35.9 Å². The summed E-state index contributed by atoms with van der Waals surface area (Å²) in [5, 5.41) is 3.98. The SMILES string of the molecule is COCCOc1ccccc1C(=O)c1cnn(C)c1N. The Hall–Kier alpha value is -2.34. The van der Waals surface area contributed by atoms with Gasteiger partial charge in [0, 0.05) is 14.2 Å². The van der Waals surface area contributed by atoms with E-state index < -0.39 is 0 Å². The van der Waals surface area contributed by atoms with E-state index in [0.717, 1.165) is 0 Å². The Bertz CT molecular complexity index is 607. The van der Waals surface area contributed by atoms with E-state index in [-0.39, 0.29) is 5.78 Å². The summed E-state index contributed by atoms with van der Waals surface area (Å²) in [6.07, 6.45) is 1.46. The number of nitrogens with zero attached hydrogens (tertiary/aromatic N) is 2. The Morgan fingerprint density at radius 2 is 2.05 bits per heavy atom. The topological polar surface area (TPSA) is 79.4 Å². The molecule has 0 atom stereocenters. The average Bonchev–Trinajstić information content (AvgIpc) is 2.79. The molecule has 2 rings (SSSR count). The predicted molar refractivity (Wildman–Crippen MR) is 74.9 cm³/mol. The molecular weight excluding hydrogens is 258 g/mol. The second-order valence-electron chi connectivity index (χ2n) is 4.23. The highest BCUT2D eigenvalue weighted by molar-refractivity contribution is 6.13. The van der Waals surface area contributed by atoms with Crippen molar-refractivity contribution in [2.45, 2.75) is 0 Å². The van der Waals surface area contributed by atoms with E-state index in [2.05, 4.69) is 5.10 Å². The highest BCUT2D eigenvalue weighted by atomic mass is 16.5. The van der Waals surface area contributed by atoms with E-state index in [4.69, 9.17) is 15.2 Å². The van der Waals surface area contributed by atoms with Gasteiger partial charge in [-0.15, -0.1) is 0 Å². The van der Waals surface area contributed by atoms with Crippen molar-refractivity contribution < 1.29 is 14.3 Å². The highest BCUT2D eigenvalue weighted by Gasteiger charge is 2.19. The number of benzene rings is 1. The van der Waals surface area contributed by atoms with Gasteiger partial charge in [0.25, 0.3) is 0 Å². The minimum Gasteiger partial charge on any atom is -0.490 e. The molecule has 0 amide bonds. The molecule has 0 unspecified atom stereocenters. The largest absolute Gasteiger partial charge is 0.490 e. The van der Waals surface area contributed by atoms with Gasteiger partial charge in [-0.25, -0.2) is 0 Å². The van der Waals surface area contributed by atoms with E-state index in [1.807, 2.05) is 6.07 Å². The fourth-order valence-corrected chi connectivity index (χ4v) is 1.78. The molecule has 0 bridgehead atoms. The van der Waals surface area contributed by atoms with Gasteiger partial charge in [0.2, 0.25) is 5.78 Å².